The lowest BCUT2D eigenvalue weighted by atomic mass is 10.0. The van der Waals surface area contributed by atoms with E-state index in [0.29, 0.717) is 11.6 Å². The quantitative estimate of drug-likeness (QED) is 0.886. The monoisotopic (exact) mass is 280 g/mol. The van der Waals surface area contributed by atoms with Gasteiger partial charge in [0.05, 0.1) is 11.6 Å². The molecular formula is C18H20N2O. The smallest absolute Gasteiger partial charge is 0.131 e. The number of hydrogen-bond acceptors (Lipinski definition) is 3. The first kappa shape index (κ1) is 15.1. The van der Waals surface area contributed by atoms with Gasteiger partial charge in [-0.2, -0.15) is 5.26 Å². The fourth-order valence-corrected chi connectivity index (χ4v) is 2.28. The number of ether oxygens (including phenoxy) is 1. The van der Waals surface area contributed by atoms with E-state index in [1.165, 1.54) is 5.56 Å². The van der Waals surface area contributed by atoms with Gasteiger partial charge >= 0.3 is 0 Å². The summed E-state index contributed by atoms with van der Waals surface area (Å²) in [5.41, 5.74) is 2.86. The molecule has 0 spiro atoms. The largest absolute Gasteiger partial charge is 0.457 e. The van der Waals surface area contributed by atoms with Gasteiger partial charge in [-0.05, 0) is 55.8 Å². The summed E-state index contributed by atoms with van der Waals surface area (Å²) in [7, 11) is 1.97. The number of benzene rings is 2. The molecule has 0 amide bonds. The molecule has 3 nitrogen and oxygen atoms in total. The molecule has 2 rings (SSSR count). The molecule has 3 heteroatoms. The van der Waals surface area contributed by atoms with Crippen LogP contribution in [0, 0.1) is 18.3 Å². The molecule has 0 saturated carbocycles. The molecule has 1 N–H and O–H groups in total. The second-order valence-electron chi connectivity index (χ2n) is 5.01. The first-order chi connectivity index (χ1) is 10.2. The highest BCUT2D eigenvalue weighted by atomic mass is 16.5. The zero-order chi connectivity index (χ0) is 15.2. The Morgan fingerprint density at radius 2 is 1.90 bits per heavy atom. The molecule has 0 heterocycles. The molecule has 0 aromatic heterocycles. The molecule has 0 aliphatic heterocycles. The van der Waals surface area contributed by atoms with E-state index in [1.54, 1.807) is 12.1 Å². The van der Waals surface area contributed by atoms with Crippen LogP contribution in [0.2, 0.25) is 0 Å². The van der Waals surface area contributed by atoms with Crippen molar-refractivity contribution in [3.8, 4) is 17.6 Å². The summed E-state index contributed by atoms with van der Waals surface area (Å²) in [4.78, 5) is 0. The summed E-state index contributed by atoms with van der Waals surface area (Å²) < 4.78 is 5.88. The fourth-order valence-electron chi connectivity index (χ4n) is 2.28. The van der Waals surface area contributed by atoms with Gasteiger partial charge in [0.1, 0.15) is 11.5 Å². The Morgan fingerprint density at radius 1 is 1.19 bits per heavy atom. The fraction of sp³-hybridized carbons (Fsp3) is 0.278. The number of nitriles is 1. The van der Waals surface area contributed by atoms with Gasteiger partial charge in [0.25, 0.3) is 0 Å². The van der Waals surface area contributed by atoms with Crippen molar-refractivity contribution in [2.45, 2.75) is 26.3 Å². The molecule has 2 aromatic rings. The maximum absolute atomic E-state index is 8.96. The summed E-state index contributed by atoms with van der Waals surface area (Å²) in [6.07, 6.45) is 1.04. The molecule has 0 aliphatic carbocycles. The Kier molecular flexibility index (Phi) is 4.97. The van der Waals surface area contributed by atoms with Crippen LogP contribution in [0.15, 0.2) is 42.5 Å². The first-order valence-corrected chi connectivity index (χ1v) is 7.13. The predicted octanol–water partition coefficient (Wildman–Crippen LogP) is 4.33. The Hall–Kier alpha value is -2.31. The Bertz CT molecular complexity index is 637. The molecule has 2 aromatic carbocycles. The van der Waals surface area contributed by atoms with E-state index < -0.39 is 0 Å². The van der Waals surface area contributed by atoms with Crippen molar-refractivity contribution in [2.24, 2.45) is 0 Å². The predicted molar refractivity (Wildman–Crippen MR) is 84.5 cm³/mol. The van der Waals surface area contributed by atoms with Crippen molar-refractivity contribution in [3.63, 3.8) is 0 Å². The highest BCUT2D eigenvalue weighted by molar-refractivity contribution is 5.44. The van der Waals surface area contributed by atoms with Gasteiger partial charge in [0.2, 0.25) is 0 Å². The van der Waals surface area contributed by atoms with E-state index in [9.17, 15) is 0 Å². The Balaban J connectivity index is 2.19. The van der Waals surface area contributed by atoms with Crippen molar-refractivity contribution >= 4 is 0 Å². The molecule has 0 radical (unpaired) electrons. The topological polar surface area (TPSA) is 45.0 Å². The van der Waals surface area contributed by atoms with Gasteiger partial charge in [0, 0.05) is 6.04 Å². The van der Waals surface area contributed by atoms with Crippen LogP contribution in [0.4, 0.5) is 0 Å². The minimum atomic E-state index is 0.364. The molecule has 1 atom stereocenters. The van der Waals surface area contributed by atoms with Crippen molar-refractivity contribution in [2.75, 3.05) is 7.05 Å². The summed E-state index contributed by atoms with van der Waals surface area (Å²) in [6.45, 7) is 4.13. The second kappa shape index (κ2) is 6.92. The highest BCUT2D eigenvalue weighted by Crippen LogP contribution is 2.27. The van der Waals surface area contributed by atoms with Crippen LogP contribution in [0.25, 0.3) is 0 Å². The summed E-state index contributed by atoms with van der Waals surface area (Å²) in [5.74, 6) is 1.50. The first-order valence-electron chi connectivity index (χ1n) is 7.13. The van der Waals surface area contributed by atoms with Crippen molar-refractivity contribution in [1.29, 1.82) is 5.26 Å². The van der Waals surface area contributed by atoms with Gasteiger partial charge in [-0.25, -0.2) is 0 Å². The van der Waals surface area contributed by atoms with Crippen LogP contribution < -0.4 is 10.1 Å². The standard InChI is InChI=1S/C18H20N2O/c1-4-17(20-3)15-7-9-16(10-8-15)21-18-11-14(12-19)6-5-13(18)2/h5-11,17,20H,4H2,1-3H3. The third-order valence-corrected chi connectivity index (χ3v) is 3.58. The molecule has 0 fully saturated rings. The van der Waals surface area contributed by atoms with E-state index in [1.807, 2.05) is 32.2 Å². The normalized spacial score (nSPS) is 11.7. The molecule has 0 aliphatic rings. The zero-order valence-corrected chi connectivity index (χ0v) is 12.7. The molecule has 108 valence electrons. The highest BCUT2D eigenvalue weighted by Gasteiger charge is 2.07. The molecule has 0 saturated heterocycles. The van der Waals surface area contributed by atoms with Gasteiger partial charge in [0.15, 0.2) is 0 Å². The summed E-state index contributed by atoms with van der Waals surface area (Å²) in [6, 6.07) is 16.0. The van der Waals surface area contributed by atoms with E-state index in [0.717, 1.165) is 23.5 Å². The lowest BCUT2D eigenvalue weighted by Crippen LogP contribution is -2.14. The van der Waals surface area contributed by atoms with E-state index in [4.69, 9.17) is 10.00 Å². The maximum Gasteiger partial charge on any atom is 0.131 e. The average Bonchev–Trinajstić information content (AvgIpc) is 2.52. The van der Waals surface area contributed by atoms with Crippen molar-refractivity contribution in [3.05, 3.63) is 59.2 Å². The second-order valence-corrected chi connectivity index (χ2v) is 5.01. The SMILES string of the molecule is CCC(NC)c1ccc(Oc2cc(C#N)ccc2C)cc1. The third kappa shape index (κ3) is 3.62. The minimum absolute atomic E-state index is 0.364. The van der Waals surface area contributed by atoms with Crippen LogP contribution in [-0.4, -0.2) is 7.05 Å². The average molecular weight is 280 g/mol. The maximum atomic E-state index is 8.96. The molecule has 21 heavy (non-hydrogen) atoms. The van der Waals surface area contributed by atoms with Gasteiger partial charge in [-0.3, -0.25) is 0 Å². The molecular weight excluding hydrogens is 260 g/mol. The van der Waals surface area contributed by atoms with Crippen LogP contribution in [0.3, 0.4) is 0 Å². The Morgan fingerprint density at radius 3 is 2.48 bits per heavy atom. The number of hydrogen-bond donors (Lipinski definition) is 1. The number of nitrogens with one attached hydrogen (secondary N) is 1. The molecule has 1 unspecified atom stereocenters. The van der Waals surface area contributed by atoms with Gasteiger partial charge in [-0.1, -0.05) is 25.1 Å². The van der Waals surface area contributed by atoms with Crippen molar-refractivity contribution < 1.29 is 4.74 Å². The lowest BCUT2D eigenvalue weighted by molar-refractivity contribution is 0.477. The zero-order valence-electron chi connectivity index (χ0n) is 12.7. The van der Waals surface area contributed by atoms with Crippen molar-refractivity contribution in [1.82, 2.24) is 5.32 Å². The number of aryl methyl sites for hydroxylation is 1. The minimum Gasteiger partial charge on any atom is -0.457 e. The summed E-state index contributed by atoms with van der Waals surface area (Å²) in [5, 5.41) is 12.2. The van der Waals surface area contributed by atoms with Crippen LogP contribution in [0.1, 0.15) is 36.1 Å². The van der Waals surface area contributed by atoms with E-state index in [-0.39, 0.29) is 0 Å². The van der Waals surface area contributed by atoms with Crippen LogP contribution >= 0.6 is 0 Å². The molecule has 0 bridgehead atoms. The third-order valence-electron chi connectivity index (χ3n) is 3.58. The summed E-state index contributed by atoms with van der Waals surface area (Å²) >= 11 is 0. The number of rotatable bonds is 5. The van der Waals surface area contributed by atoms with Crippen LogP contribution in [0.5, 0.6) is 11.5 Å². The van der Waals surface area contributed by atoms with E-state index in [2.05, 4.69) is 30.4 Å². The van der Waals surface area contributed by atoms with E-state index >= 15 is 0 Å². The Labute approximate surface area is 126 Å². The van der Waals surface area contributed by atoms with Crippen LogP contribution in [-0.2, 0) is 0 Å². The lowest BCUT2D eigenvalue weighted by Gasteiger charge is -2.15. The van der Waals surface area contributed by atoms with Gasteiger partial charge < -0.3 is 10.1 Å². The van der Waals surface area contributed by atoms with Gasteiger partial charge in [-0.15, -0.1) is 0 Å². The number of nitrogens with zero attached hydrogens (tertiary/aromatic N) is 1.